The molecule has 1 heterocycles. The van der Waals surface area contributed by atoms with Crippen LogP contribution in [0.25, 0.3) is 0 Å². The molecular weight excluding hydrogens is 152 g/mol. The van der Waals surface area contributed by atoms with E-state index >= 15 is 0 Å². The smallest absolute Gasteiger partial charge is 0.147 e. The van der Waals surface area contributed by atoms with Crippen LogP contribution in [0.4, 0.5) is 0 Å². The topological polar surface area (TPSA) is 26.3 Å². The normalized spacial score (nSPS) is 32.3. The Morgan fingerprint density at radius 3 is 2.75 bits per heavy atom. The van der Waals surface area contributed by atoms with E-state index < -0.39 is 0 Å². The molecule has 0 saturated carbocycles. The van der Waals surface area contributed by atoms with Gasteiger partial charge in [0, 0.05) is 5.92 Å². The van der Waals surface area contributed by atoms with Crippen molar-refractivity contribution in [3.05, 3.63) is 12.2 Å². The van der Waals surface area contributed by atoms with E-state index in [-0.39, 0.29) is 11.8 Å². The third-order valence-electron chi connectivity index (χ3n) is 2.17. The number of ether oxygens (including phenoxy) is 1. The highest BCUT2D eigenvalue weighted by atomic mass is 16.5. The van der Waals surface area contributed by atoms with Gasteiger partial charge in [-0.15, -0.1) is 0 Å². The molecule has 1 aliphatic heterocycles. The van der Waals surface area contributed by atoms with Gasteiger partial charge >= 0.3 is 0 Å². The maximum atomic E-state index is 11.3. The van der Waals surface area contributed by atoms with E-state index in [0.29, 0.717) is 19.0 Å². The van der Waals surface area contributed by atoms with E-state index in [4.69, 9.17) is 4.74 Å². The predicted molar refractivity (Wildman–Crippen MR) is 47.9 cm³/mol. The number of carbonyl (C=O) groups excluding carboxylic acids is 1. The number of fused-ring (bicyclic) bond motifs is 2. The summed E-state index contributed by atoms with van der Waals surface area (Å²) in [6.07, 6.45) is 4.95. The SMILES string of the molecule is CC.O=C1C2C=CCC1COC2. The summed E-state index contributed by atoms with van der Waals surface area (Å²) in [5, 5.41) is 0. The minimum atomic E-state index is 0.0764. The largest absolute Gasteiger partial charge is 0.380 e. The molecule has 2 atom stereocenters. The Labute approximate surface area is 73.6 Å². The van der Waals surface area contributed by atoms with E-state index in [1.165, 1.54) is 0 Å². The number of Topliss-reactive ketones (excluding diaryl/α,β-unsaturated/α-hetero) is 1. The summed E-state index contributed by atoms with van der Waals surface area (Å²) in [5.41, 5.74) is 0. The number of allylic oxidation sites excluding steroid dienone is 1. The molecule has 2 nitrogen and oxygen atoms in total. The highest BCUT2D eigenvalue weighted by Gasteiger charge is 2.31. The minimum absolute atomic E-state index is 0.0764. The summed E-state index contributed by atoms with van der Waals surface area (Å²) in [6.45, 7) is 5.24. The molecule has 2 aliphatic rings. The molecule has 12 heavy (non-hydrogen) atoms. The minimum Gasteiger partial charge on any atom is -0.380 e. The van der Waals surface area contributed by atoms with E-state index in [0.717, 1.165) is 6.42 Å². The molecular formula is C10H16O2. The summed E-state index contributed by atoms with van der Waals surface area (Å²) in [6, 6.07) is 0. The molecule has 0 spiro atoms. The zero-order valence-corrected chi connectivity index (χ0v) is 7.75. The van der Waals surface area contributed by atoms with Crippen molar-refractivity contribution in [2.24, 2.45) is 11.8 Å². The van der Waals surface area contributed by atoms with E-state index in [1.807, 2.05) is 19.9 Å². The van der Waals surface area contributed by atoms with E-state index in [2.05, 4.69) is 6.08 Å². The third kappa shape index (κ3) is 1.75. The molecule has 1 fully saturated rings. The molecule has 0 aromatic rings. The van der Waals surface area contributed by atoms with Crippen molar-refractivity contribution in [3.8, 4) is 0 Å². The molecule has 1 aliphatic carbocycles. The van der Waals surface area contributed by atoms with Crippen LogP contribution in [-0.2, 0) is 9.53 Å². The van der Waals surface area contributed by atoms with Gasteiger partial charge in [0.1, 0.15) is 5.78 Å². The van der Waals surface area contributed by atoms with Crippen molar-refractivity contribution in [3.63, 3.8) is 0 Å². The Kier molecular flexibility index (Phi) is 3.48. The van der Waals surface area contributed by atoms with Crippen LogP contribution in [0.5, 0.6) is 0 Å². The lowest BCUT2D eigenvalue weighted by Crippen LogP contribution is -2.36. The first kappa shape index (κ1) is 9.46. The van der Waals surface area contributed by atoms with Gasteiger partial charge in [-0.05, 0) is 6.42 Å². The van der Waals surface area contributed by atoms with Gasteiger partial charge in [-0.2, -0.15) is 0 Å². The van der Waals surface area contributed by atoms with Gasteiger partial charge in [-0.1, -0.05) is 26.0 Å². The number of hydrogen-bond acceptors (Lipinski definition) is 2. The van der Waals surface area contributed by atoms with Gasteiger partial charge in [-0.3, -0.25) is 4.79 Å². The van der Waals surface area contributed by atoms with Crippen LogP contribution in [0.3, 0.4) is 0 Å². The predicted octanol–water partition coefficient (Wildman–Crippen LogP) is 1.80. The number of hydrogen-bond donors (Lipinski definition) is 0. The Morgan fingerprint density at radius 1 is 1.42 bits per heavy atom. The van der Waals surface area contributed by atoms with Crippen LogP contribution in [0.15, 0.2) is 12.2 Å². The van der Waals surface area contributed by atoms with Gasteiger partial charge < -0.3 is 4.74 Å². The maximum Gasteiger partial charge on any atom is 0.147 e. The fraction of sp³-hybridized carbons (Fsp3) is 0.700. The molecule has 68 valence electrons. The Balaban J connectivity index is 0.000000336. The van der Waals surface area contributed by atoms with Crippen LogP contribution < -0.4 is 0 Å². The quantitative estimate of drug-likeness (QED) is 0.515. The second-order valence-corrected chi connectivity index (χ2v) is 2.91. The third-order valence-corrected chi connectivity index (χ3v) is 2.17. The van der Waals surface area contributed by atoms with Crippen molar-refractivity contribution in [2.75, 3.05) is 13.2 Å². The lowest BCUT2D eigenvalue weighted by molar-refractivity contribution is -0.135. The van der Waals surface area contributed by atoms with Crippen molar-refractivity contribution in [1.29, 1.82) is 0 Å². The lowest BCUT2D eigenvalue weighted by Gasteiger charge is -2.28. The number of carbonyl (C=O) groups is 1. The van der Waals surface area contributed by atoms with Crippen LogP contribution in [0.2, 0.25) is 0 Å². The van der Waals surface area contributed by atoms with E-state index in [9.17, 15) is 4.79 Å². The summed E-state index contributed by atoms with van der Waals surface area (Å²) < 4.78 is 5.23. The molecule has 2 heteroatoms. The van der Waals surface area contributed by atoms with Crippen molar-refractivity contribution in [1.82, 2.24) is 0 Å². The standard InChI is InChI=1S/C8H10O2.C2H6/c9-8-6-2-1-3-7(8)5-10-4-6;1-2/h1-2,6-7H,3-5H2;1-2H3. The lowest BCUT2D eigenvalue weighted by atomic mass is 9.84. The number of rotatable bonds is 0. The van der Waals surface area contributed by atoms with Gasteiger partial charge in [0.25, 0.3) is 0 Å². The van der Waals surface area contributed by atoms with Crippen molar-refractivity contribution in [2.45, 2.75) is 20.3 Å². The fourth-order valence-corrected chi connectivity index (χ4v) is 1.55. The highest BCUT2D eigenvalue weighted by Crippen LogP contribution is 2.24. The summed E-state index contributed by atoms with van der Waals surface area (Å²) >= 11 is 0. The number of ketones is 1. The van der Waals surface area contributed by atoms with Crippen LogP contribution in [0.1, 0.15) is 20.3 Å². The zero-order chi connectivity index (χ0) is 8.97. The Hall–Kier alpha value is -0.630. The van der Waals surface area contributed by atoms with Crippen LogP contribution in [-0.4, -0.2) is 19.0 Å². The second-order valence-electron chi connectivity index (χ2n) is 2.91. The molecule has 2 rings (SSSR count). The Morgan fingerprint density at radius 2 is 2.17 bits per heavy atom. The molecule has 2 bridgehead atoms. The average Bonchev–Trinajstić information content (AvgIpc) is 2.07. The molecule has 0 amide bonds. The summed E-state index contributed by atoms with van der Waals surface area (Å²) in [4.78, 5) is 11.3. The van der Waals surface area contributed by atoms with Crippen molar-refractivity contribution >= 4 is 5.78 Å². The van der Waals surface area contributed by atoms with Gasteiger partial charge in [-0.25, -0.2) is 0 Å². The summed E-state index contributed by atoms with van der Waals surface area (Å²) in [7, 11) is 0. The molecule has 0 radical (unpaired) electrons. The zero-order valence-electron chi connectivity index (χ0n) is 7.75. The first-order chi connectivity index (χ1) is 5.88. The Bertz CT molecular complexity index is 184. The molecule has 1 saturated heterocycles. The first-order valence-electron chi connectivity index (χ1n) is 4.66. The monoisotopic (exact) mass is 168 g/mol. The highest BCUT2D eigenvalue weighted by molar-refractivity contribution is 5.86. The molecule has 0 aromatic heterocycles. The van der Waals surface area contributed by atoms with E-state index in [1.54, 1.807) is 0 Å². The molecule has 0 N–H and O–H groups in total. The van der Waals surface area contributed by atoms with Crippen LogP contribution in [0, 0.1) is 11.8 Å². The van der Waals surface area contributed by atoms with Gasteiger partial charge in [0.05, 0.1) is 19.1 Å². The van der Waals surface area contributed by atoms with Gasteiger partial charge in [0.2, 0.25) is 0 Å². The second kappa shape index (κ2) is 4.41. The first-order valence-corrected chi connectivity index (χ1v) is 4.66. The fourth-order valence-electron chi connectivity index (χ4n) is 1.55. The molecule has 2 unspecified atom stereocenters. The van der Waals surface area contributed by atoms with Crippen LogP contribution >= 0.6 is 0 Å². The van der Waals surface area contributed by atoms with Crippen molar-refractivity contribution < 1.29 is 9.53 Å². The molecule has 0 aromatic carbocycles. The summed E-state index contributed by atoms with van der Waals surface area (Å²) in [5.74, 6) is 0.630. The average molecular weight is 168 g/mol. The maximum absolute atomic E-state index is 11.3. The van der Waals surface area contributed by atoms with Gasteiger partial charge in [0.15, 0.2) is 0 Å².